The number of hydrogen-bond acceptors (Lipinski definition) is 4. The number of aliphatic carboxylic acids is 1. The molecule has 1 aromatic rings. The van der Waals surface area contributed by atoms with Gasteiger partial charge in [-0.05, 0) is 25.5 Å². The molecule has 0 aliphatic heterocycles. The third kappa shape index (κ3) is 2.38. The lowest BCUT2D eigenvalue weighted by Gasteiger charge is -2.10. The molecule has 0 aliphatic rings. The summed E-state index contributed by atoms with van der Waals surface area (Å²) >= 11 is 0. The average molecular weight is 243 g/mol. The van der Waals surface area contributed by atoms with E-state index in [1.165, 1.54) is 19.2 Å². The Morgan fingerprint density at radius 1 is 1.50 bits per heavy atom. The van der Waals surface area contributed by atoms with E-state index >= 15 is 0 Å². The molecule has 16 heavy (non-hydrogen) atoms. The van der Waals surface area contributed by atoms with E-state index in [9.17, 15) is 13.2 Å². The molecule has 1 N–H and O–H groups in total. The Morgan fingerprint density at radius 2 is 2.12 bits per heavy atom. The lowest BCUT2D eigenvalue weighted by atomic mass is 10.3. The van der Waals surface area contributed by atoms with Gasteiger partial charge in [0.1, 0.15) is 0 Å². The van der Waals surface area contributed by atoms with Crippen molar-refractivity contribution in [2.45, 2.75) is 30.4 Å². The second-order valence-corrected chi connectivity index (χ2v) is 5.55. The van der Waals surface area contributed by atoms with E-state index in [0.29, 0.717) is 5.69 Å². The molecule has 1 atom stereocenters. The Balaban J connectivity index is 3.20. The maximum absolute atomic E-state index is 11.9. The van der Waals surface area contributed by atoms with Gasteiger partial charge in [0, 0.05) is 11.9 Å². The van der Waals surface area contributed by atoms with E-state index in [1.807, 2.05) is 0 Å². The average Bonchev–Trinajstić information content (AvgIpc) is 2.18. The minimum atomic E-state index is -3.83. The molecule has 0 fully saturated rings. The number of carboxylic acids is 1. The molecular formula is C10H13NO4S. The summed E-state index contributed by atoms with van der Waals surface area (Å²) in [5.74, 6) is -1.33. The fraction of sp³-hybridized carbons (Fsp3) is 0.400. The fourth-order valence-corrected chi connectivity index (χ4v) is 2.80. The third-order valence-electron chi connectivity index (χ3n) is 2.23. The van der Waals surface area contributed by atoms with E-state index < -0.39 is 21.1 Å². The highest BCUT2D eigenvalue weighted by molar-refractivity contribution is 7.92. The first kappa shape index (κ1) is 12.6. The van der Waals surface area contributed by atoms with Crippen LogP contribution in [0.2, 0.25) is 0 Å². The first-order chi connectivity index (χ1) is 7.39. The number of sulfone groups is 1. The van der Waals surface area contributed by atoms with Gasteiger partial charge in [-0.1, -0.05) is 6.92 Å². The van der Waals surface area contributed by atoms with Crippen molar-refractivity contribution in [2.24, 2.45) is 0 Å². The number of carbonyl (C=O) groups is 1. The predicted molar refractivity (Wildman–Crippen MR) is 57.9 cm³/mol. The molecule has 1 aromatic heterocycles. The maximum atomic E-state index is 11.9. The monoisotopic (exact) mass is 243 g/mol. The van der Waals surface area contributed by atoms with Crippen molar-refractivity contribution in [3.63, 3.8) is 0 Å². The van der Waals surface area contributed by atoms with Crippen molar-refractivity contribution in [2.75, 3.05) is 0 Å². The van der Waals surface area contributed by atoms with Crippen molar-refractivity contribution >= 4 is 15.8 Å². The predicted octanol–water partition coefficient (Wildman–Crippen LogP) is 1.03. The Labute approximate surface area is 94.1 Å². The standard InChI is InChI=1S/C10H13NO4S/c1-3-9(10(12)13)16(14,15)8-5-4-7(2)11-6-8/h4-6,9H,3H2,1-2H3,(H,12,13). The lowest BCUT2D eigenvalue weighted by molar-refractivity contribution is -0.136. The first-order valence-electron chi connectivity index (χ1n) is 4.79. The Kier molecular flexibility index (Phi) is 3.64. The summed E-state index contributed by atoms with van der Waals surface area (Å²) in [4.78, 5) is 14.6. The van der Waals surface area contributed by atoms with Gasteiger partial charge < -0.3 is 5.11 Å². The van der Waals surface area contributed by atoms with E-state index in [2.05, 4.69) is 4.98 Å². The maximum Gasteiger partial charge on any atom is 0.322 e. The number of hydrogen-bond donors (Lipinski definition) is 1. The molecule has 1 rings (SSSR count). The number of rotatable bonds is 4. The van der Waals surface area contributed by atoms with Gasteiger partial charge >= 0.3 is 5.97 Å². The molecule has 0 spiro atoms. The Morgan fingerprint density at radius 3 is 2.50 bits per heavy atom. The van der Waals surface area contributed by atoms with E-state index in [4.69, 9.17) is 5.11 Å². The smallest absolute Gasteiger partial charge is 0.322 e. The Hall–Kier alpha value is -1.43. The van der Waals surface area contributed by atoms with Crippen LogP contribution in [-0.4, -0.2) is 29.7 Å². The number of nitrogens with zero attached hydrogens (tertiary/aromatic N) is 1. The number of aryl methyl sites for hydroxylation is 1. The van der Waals surface area contributed by atoms with Crippen molar-refractivity contribution < 1.29 is 18.3 Å². The number of pyridine rings is 1. The SMILES string of the molecule is CCC(C(=O)O)S(=O)(=O)c1ccc(C)nc1. The van der Waals surface area contributed by atoms with E-state index in [1.54, 1.807) is 13.0 Å². The zero-order valence-corrected chi connectivity index (χ0v) is 9.86. The van der Waals surface area contributed by atoms with Crippen LogP contribution in [0, 0.1) is 6.92 Å². The van der Waals surface area contributed by atoms with Crippen LogP contribution in [0.3, 0.4) is 0 Å². The highest BCUT2D eigenvalue weighted by atomic mass is 32.2. The Bertz CT molecular complexity index is 478. The van der Waals surface area contributed by atoms with Gasteiger partial charge in [0.25, 0.3) is 0 Å². The largest absolute Gasteiger partial charge is 0.480 e. The second kappa shape index (κ2) is 4.61. The van der Waals surface area contributed by atoms with Crippen LogP contribution >= 0.6 is 0 Å². The molecule has 0 bridgehead atoms. The zero-order valence-electron chi connectivity index (χ0n) is 9.04. The summed E-state index contributed by atoms with van der Waals surface area (Å²) in [6, 6.07) is 2.92. The molecule has 88 valence electrons. The van der Waals surface area contributed by atoms with Crippen LogP contribution in [-0.2, 0) is 14.6 Å². The van der Waals surface area contributed by atoms with Crippen LogP contribution in [0.4, 0.5) is 0 Å². The number of aromatic nitrogens is 1. The van der Waals surface area contributed by atoms with Crippen molar-refractivity contribution in [1.82, 2.24) is 4.98 Å². The van der Waals surface area contributed by atoms with Crippen LogP contribution in [0.25, 0.3) is 0 Å². The molecule has 0 amide bonds. The van der Waals surface area contributed by atoms with Gasteiger partial charge in [0.15, 0.2) is 15.1 Å². The number of carboxylic acid groups (broad SMARTS) is 1. The second-order valence-electron chi connectivity index (χ2n) is 3.42. The molecule has 0 radical (unpaired) electrons. The molecular weight excluding hydrogens is 230 g/mol. The summed E-state index contributed by atoms with van der Waals surface area (Å²) in [6.45, 7) is 3.25. The summed E-state index contributed by atoms with van der Waals surface area (Å²) in [7, 11) is -3.83. The van der Waals surface area contributed by atoms with Crippen LogP contribution in [0.5, 0.6) is 0 Å². The molecule has 0 saturated heterocycles. The molecule has 1 heterocycles. The highest BCUT2D eigenvalue weighted by Crippen LogP contribution is 2.17. The normalized spacial score (nSPS) is 13.4. The molecule has 1 unspecified atom stereocenters. The summed E-state index contributed by atoms with van der Waals surface area (Å²) in [5.41, 5.74) is 0.683. The van der Waals surface area contributed by atoms with Gasteiger partial charge in [-0.25, -0.2) is 8.42 Å². The fourth-order valence-electron chi connectivity index (χ4n) is 1.31. The summed E-state index contributed by atoms with van der Waals surface area (Å²) < 4.78 is 23.8. The minimum Gasteiger partial charge on any atom is -0.480 e. The van der Waals surface area contributed by atoms with Crippen LogP contribution in [0.15, 0.2) is 23.2 Å². The van der Waals surface area contributed by atoms with Gasteiger partial charge in [-0.15, -0.1) is 0 Å². The quantitative estimate of drug-likeness (QED) is 0.853. The molecule has 0 aromatic carbocycles. The van der Waals surface area contributed by atoms with Crippen LogP contribution < -0.4 is 0 Å². The van der Waals surface area contributed by atoms with E-state index in [0.717, 1.165) is 0 Å². The van der Waals surface area contributed by atoms with E-state index in [-0.39, 0.29) is 11.3 Å². The molecule has 6 heteroatoms. The van der Waals surface area contributed by atoms with Gasteiger partial charge in [-0.2, -0.15) is 0 Å². The summed E-state index contributed by atoms with van der Waals surface area (Å²) in [6.07, 6.45) is 1.22. The van der Waals surface area contributed by atoms with Gasteiger partial charge in [0.05, 0.1) is 4.90 Å². The van der Waals surface area contributed by atoms with Crippen LogP contribution in [0.1, 0.15) is 19.0 Å². The molecule has 0 saturated carbocycles. The lowest BCUT2D eigenvalue weighted by Crippen LogP contribution is -2.29. The van der Waals surface area contributed by atoms with Crippen molar-refractivity contribution in [3.05, 3.63) is 24.0 Å². The highest BCUT2D eigenvalue weighted by Gasteiger charge is 2.32. The molecule has 0 aliphatic carbocycles. The molecule has 5 nitrogen and oxygen atoms in total. The first-order valence-corrected chi connectivity index (χ1v) is 6.33. The minimum absolute atomic E-state index is 0.0333. The topological polar surface area (TPSA) is 84.3 Å². The summed E-state index contributed by atoms with van der Waals surface area (Å²) in [5, 5.41) is 7.42. The van der Waals surface area contributed by atoms with Crippen molar-refractivity contribution in [1.29, 1.82) is 0 Å². The van der Waals surface area contributed by atoms with Gasteiger partial charge in [0.2, 0.25) is 0 Å². The third-order valence-corrected chi connectivity index (χ3v) is 4.42. The van der Waals surface area contributed by atoms with Gasteiger partial charge in [-0.3, -0.25) is 9.78 Å². The zero-order chi connectivity index (χ0) is 12.3. The van der Waals surface area contributed by atoms with Crippen molar-refractivity contribution in [3.8, 4) is 0 Å².